The third-order valence-electron chi connectivity index (χ3n) is 6.33. The van der Waals surface area contributed by atoms with Crippen LogP contribution in [0.5, 0.6) is 0 Å². The molecule has 0 radical (unpaired) electrons. The number of nitrogens with zero attached hydrogens (tertiary/aromatic N) is 3. The van der Waals surface area contributed by atoms with Crippen LogP contribution in [0.1, 0.15) is 84.8 Å². The summed E-state index contributed by atoms with van der Waals surface area (Å²) in [4.78, 5) is 11.2. The minimum absolute atomic E-state index is 0.0173. The maximum atomic E-state index is 9.21. The van der Waals surface area contributed by atoms with Gasteiger partial charge in [0.05, 0.1) is 11.8 Å². The Morgan fingerprint density at radius 1 is 1.11 bits per heavy atom. The first-order valence-corrected chi connectivity index (χ1v) is 14.0. The quantitative estimate of drug-likeness (QED) is 0.262. The summed E-state index contributed by atoms with van der Waals surface area (Å²) in [6, 6.07) is 8.33. The Morgan fingerprint density at radius 3 is 2.24 bits per heavy atom. The normalized spacial score (nSPS) is 18.9. The summed E-state index contributed by atoms with van der Waals surface area (Å²) >= 11 is 0. The number of hydrogen-bond donors (Lipinski definition) is 1. The van der Waals surface area contributed by atoms with Crippen LogP contribution in [0, 0.1) is 5.92 Å². The maximum absolute atomic E-state index is 9.21. The van der Waals surface area contributed by atoms with E-state index in [0.29, 0.717) is 0 Å². The number of benzene rings is 1. The summed E-state index contributed by atoms with van der Waals surface area (Å²) in [6.07, 6.45) is 15.6. The van der Waals surface area contributed by atoms with Crippen molar-refractivity contribution in [2.75, 3.05) is 21.1 Å². The number of aliphatic imine (C=N–C) groups is 2. The first-order valence-electron chi connectivity index (χ1n) is 14.0. The highest BCUT2D eigenvalue weighted by Gasteiger charge is 2.17. The van der Waals surface area contributed by atoms with Crippen molar-refractivity contribution in [2.24, 2.45) is 15.9 Å². The van der Waals surface area contributed by atoms with Crippen LogP contribution in [-0.2, 0) is 0 Å². The van der Waals surface area contributed by atoms with E-state index in [1.807, 2.05) is 77.9 Å². The van der Waals surface area contributed by atoms with Gasteiger partial charge in [-0.3, -0.25) is 9.98 Å². The molecule has 2 rings (SSSR count). The number of aliphatic hydroxyl groups is 1. The topological polar surface area (TPSA) is 48.2 Å². The minimum atomic E-state index is 0.0173. The van der Waals surface area contributed by atoms with E-state index in [-0.39, 0.29) is 6.10 Å². The lowest BCUT2D eigenvalue weighted by Crippen LogP contribution is -2.18. The molecular weight excluding hydrogens is 466 g/mol. The zero-order valence-electron chi connectivity index (χ0n) is 25.6. The summed E-state index contributed by atoms with van der Waals surface area (Å²) in [7, 11) is 5.78. The van der Waals surface area contributed by atoms with Gasteiger partial charge in [0.15, 0.2) is 0 Å². The van der Waals surface area contributed by atoms with Crippen molar-refractivity contribution in [3.63, 3.8) is 0 Å². The molecule has 0 aromatic heterocycles. The molecule has 38 heavy (non-hydrogen) atoms. The molecule has 1 fully saturated rings. The van der Waals surface area contributed by atoms with E-state index in [0.717, 1.165) is 58.2 Å². The lowest BCUT2D eigenvalue weighted by molar-refractivity contribution is 0.0998. The molecule has 1 N–H and O–H groups in total. The molecule has 0 bridgehead atoms. The van der Waals surface area contributed by atoms with Crippen molar-refractivity contribution >= 4 is 17.0 Å². The molecule has 4 heteroatoms. The highest BCUT2D eigenvalue weighted by atomic mass is 16.3. The Morgan fingerprint density at radius 2 is 1.76 bits per heavy atom. The van der Waals surface area contributed by atoms with Crippen molar-refractivity contribution in [3.05, 3.63) is 90.3 Å². The van der Waals surface area contributed by atoms with Crippen LogP contribution in [0.15, 0.2) is 89.2 Å². The number of hydrogen-bond acceptors (Lipinski definition) is 4. The van der Waals surface area contributed by atoms with Crippen LogP contribution in [0.2, 0.25) is 0 Å². The molecule has 4 nitrogen and oxygen atoms in total. The molecule has 1 aromatic rings. The molecule has 0 amide bonds. The second-order valence-corrected chi connectivity index (χ2v) is 9.44. The van der Waals surface area contributed by atoms with Gasteiger partial charge in [0.25, 0.3) is 0 Å². The fraction of sp³-hybridized carbons (Fsp3) is 0.471. The SMILES string of the molecule is C=C/C(=C\N(C)C)c1cccc(C(C)=N/C(C)=C(\C=C)C(/C=C\C)=NC)c1.CC.CCC1CCCC(O)C1. The number of aliphatic hydroxyl groups excluding tert-OH is 1. The second kappa shape index (κ2) is 20.0. The summed E-state index contributed by atoms with van der Waals surface area (Å²) in [6.45, 7) is 20.0. The van der Waals surface area contributed by atoms with Gasteiger partial charge in [0.2, 0.25) is 0 Å². The van der Waals surface area contributed by atoms with E-state index in [4.69, 9.17) is 4.99 Å². The molecular formula is C34H53N3O. The molecule has 1 aliphatic rings. The smallest absolute Gasteiger partial charge is 0.0657 e. The zero-order valence-corrected chi connectivity index (χ0v) is 25.6. The van der Waals surface area contributed by atoms with E-state index in [9.17, 15) is 5.11 Å². The highest BCUT2D eigenvalue weighted by Crippen LogP contribution is 2.26. The van der Waals surface area contributed by atoms with E-state index in [1.165, 1.54) is 19.3 Å². The summed E-state index contributed by atoms with van der Waals surface area (Å²) in [5.41, 5.74) is 6.90. The van der Waals surface area contributed by atoms with Gasteiger partial charge in [0, 0.05) is 44.3 Å². The molecule has 210 valence electrons. The largest absolute Gasteiger partial charge is 0.393 e. The molecule has 0 spiro atoms. The first kappa shape index (κ1) is 35.0. The zero-order chi connectivity index (χ0) is 29.1. The Bertz CT molecular complexity index is 1010. The van der Waals surface area contributed by atoms with Crippen LogP contribution >= 0.6 is 0 Å². The minimum Gasteiger partial charge on any atom is -0.393 e. The van der Waals surface area contributed by atoms with Crippen LogP contribution < -0.4 is 0 Å². The molecule has 2 atom stereocenters. The van der Waals surface area contributed by atoms with E-state index >= 15 is 0 Å². The van der Waals surface area contributed by atoms with Gasteiger partial charge in [-0.05, 0) is 68.4 Å². The van der Waals surface area contributed by atoms with Crippen molar-refractivity contribution in [3.8, 4) is 0 Å². The molecule has 1 aromatic carbocycles. The summed E-state index contributed by atoms with van der Waals surface area (Å²) in [5, 5.41) is 9.21. The van der Waals surface area contributed by atoms with Gasteiger partial charge in [-0.15, -0.1) is 0 Å². The summed E-state index contributed by atoms with van der Waals surface area (Å²) < 4.78 is 0. The average molecular weight is 520 g/mol. The molecule has 1 saturated carbocycles. The predicted octanol–water partition coefficient (Wildman–Crippen LogP) is 8.66. The van der Waals surface area contributed by atoms with E-state index in [2.05, 4.69) is 49.5 Å². The monoisotopic (exact) mass is 519 g/mol. The van der Waals surface area contributed by atoms with Gasteiger partial charge in [-0.2, -0.15) is 0 Å². The van der Waals surface area contributed by atoms with Crippen LogP contribution in [0.25, 0.3) is 5.57 Å². The van der Waals surface area contributed by atoms with Crippen LogP contribution in [0.3, 0.4) is 0 Å². The van der Waals surface area contributed by atoms with Gasteiger partial charge < -0.3 is 10.0 Å². The fourth-order valence-electron chi connectivity index (χ4n) is 4.34. The Kier molecular flexibility index (Phi) is 18.5. The Hall–Kier alpha value is -2.98. The van der Waals surface area contributed by atoms with Crippen molar-refractivity contribution in [1.82, 2.24) is 4.90 Å². The first-order chi connectivity index (χ1) is 18.2. The standard InChI is InChI=1S/C24H31N3.C8H16O.C2H6/c1-9-13-24(25-6)23(11-3)19(5)26-18(4)21-14-12-15-22(16-21)20(10-2)17-27(7)8;1-2-7-4-3-5-8(9)6-7;1-2/h9-17H,2-3H2,1,4-8H3;7-9H,2-6H2,1H3;1-2H3/b13-9-,20-17+,23-19+,25-24?,26-18?;;. The Balaban J connectivity index is 0.00000103. The van der Waals surface area contributed by atoms with Gasteiger partial charge in [0.1, 0.15) is 0 Å². The van der Waals surface area contributed by atoms with Crippen molar-refractivity contribution < 1.29 is 5.11 Å². The third-order valence-corrected chi connectivity index (χ3v) is 6.33. The van der Waals surface area contributed by atoms with Gasteiger partial charge in [-0.1, -0.05) is 89.6 Å². The van der Waals surface area contributed by atoms with Gasteiger partial charge >= 0.3 is 0 Å². The van der Waals surface area contributed by atoms with Crippen LogP contribution in [0.4, 0.5) is 0 Å². The Labute approximate surface area is 234 Å². The number of rotatable bonds is 9. The van der Waals surface area contributed by atoms with Gasteiger partial charge in [-0.25, -0.2) is 0 Å². The lowest BCUT2D eigenvalue weighted by atomic mass is 9.86. The molecule has 0 saturated heterocycles. The average Bonchev–Trinajstić information content (AvgIpc) is 2.92. The molecule has 2 unspecified atom stereocenters. The second-order valence-electron chi connectivity index (χ2n) is 9.44. The maximum Gasteiger partial charge on any atom is 0.0657 e. The number of allylic oxidation sites excluding steroid dienone is 7. The fourth-order valence-corrected chi connectivity index (χ4v) is 4.34. The van der Waals surface area contributed by atoms with Crippen molar-refractivity contribution in [2.45, 2.75) is 79.8 Å². The molecule has 0 aliphatic heterocycles. The highest BCUT2D eigenvalue weighted by molar-refractivity contribution is 6.11. The predicted molar refractivity (Wildman–Crippen MR) is 171 cm³/mol. The molecule has 0 heterocycles. The molecule has 1 aliphatic carbocycles. The summed E-state index contributed by atoms with van der Waals surface area (Å²) in [5.74, 6) is 0.814. The third kappa shape index (κ3) is 12.5. The van der Waals surface area contributed by atoms with E-state index < -0.39 is 0 Å². The van der Waals surface area contributed by atoms with Crippen molar-refractivity contribution in [1.29, 1.82) is 0 Å². The van der Waals surface area contributed by atoms with Crippen LogP contribution in [-0.4, -0.2) is 48.7 Å². The lowest BCUT2D eigenvalue weighted by Gasteiger charge is -2.24. The van der Waals surface area contributed by atoms with E-state index in [1.54, 1.807) is 13.1 Å².